The van der Waals surface area contributed by atoms with Gasteiger partial charge in [0.1, 0.15) is 23.5 Å². The Kier molecular flexibility index (Phi) is 10.8. The molecule has 1 aromatic heterocycles. The summed E-state index contributed by atoms with van der Waals surface area (Å²) in [5.74, 6) is 4.94. The number of hydrogen-bond acceptors (Lipinski definition) is 6. The first kappa shape index (κ1) is 39.1. The third-order valence-corrected chi connectivity index (χ3v) is 9.83. The number of carbonyl (C=O) groups excluding carboxylic acids is 1. The molecule has 0 bridgehead atoms. The largest absolute Gasteiger partial charge is 0.508 e. The highest BCUT2D eigenvalue weighted by atomic mass is 31.1. The molecular formula is C43H57O6P. The van der Waals surface area contributed by atoms with Crippen LogP contribution in [-0.4, -0.2) is 24.3 Å². The van der Waals surface area contributed by atoms with Gasteiger partial charge in [-0.1, -0.05) is 122 Å². The Morgan fingerprint density at radius 2 is 1.10 bits per heavy atom. The molecule has 0 saturated heterocycles. The van der Waals surface area contributed by atoms with E-state index in [1.165, 1.54) is 11.1 Å². The number of hydrogen-bond donors (Lipinski definition) is 1. The molecule has 0 saturated carbocycles. The molecule has 0 amide bonds. The van der Waals surface area contributed by atoms with Gasteiger partial charge >= 0.3 is 14.2 Å². The minimum atomic E-state index is -1.92. The maximum absolute atomic E-state index is 12.6. The molecule has 4 aromatic rings. The van der Waals surface area contributed by atoms with Crippen molar-refractivity contribution >= 4 is 36.1 Å². The second kappa shape index (κ2) is 13.8. The monoisotopic (exact) mass is 700 g/mol. The molecule has 50 heavy (non-hydrogen) atoms. The summed E-state index contributed by atoms with van der Waals surface area (Å²) in [6.07, 6.45) is 0. The molecular weight excluding hydrogens is 643 g/mol. The van der Waals surface area contributed by atoms with Gasteiger partial charge in [-0.2, -0.15) is 0 Å². The summed E-state index contributed by atoms with van der Waals surface area (Å²) in [5, 5.41) is 12.2. The van der Waals surface area contributed by atoms with Crippen LogP contribution in [0.15, 0.2) is 50.9 Å². The maximum Gasteiger partial charge on any atom is 0.387 e. The number of aromatic hydroxyl groups is 1. The van der Waals surface area contributed by atoms with Crippen molar-refractivity contribution in [2.24, 2.45) is 0 Å². The molecule has 0 radical (unpaired) electrons. The highest BCUT2D eigenvalue weighted by Crippen LogP contribution is 2.45. The van der Waals surface area contributed by atoms with Crippen LogP contribution in [0.4, 0.5) is 0 Å². The zero-order chi connectivity index (χ0) is 37.6. The summed E-state index contributed by atoms with van der Waals surface area (Å²) in [7, 11) is -1.92. The van der Waals surface area contributed by atoms with E-state index in [1.807, 2.05) is 20.8 Å². The number of rotatable bonds is 4. The van der Waals surface area contributed by atoms with E-state index in [2.05, 4.69) is 119 Å². The predicted octanol–water partition coefficient (Wildman–Crippen LogP) is 11.5. The van der Waals surface area contributed by atoms with Crippen LogP contribution >= 0.6 is 8.24 Å². The SMILES string of the molecule is CC(C)(C)c1cc(C(C)(C)C)c2op(OCCOC(=O)C#Cc3ccc(O)c(C(C)(C)C)c3)oc3c(C(C)(C)C)cc(C(C)(C)C)cc3c2c1. The van der Waals surface area contributed by atoms with Gasteiger partial charge in [0.05, 0.1) is 6.61 Å². The third kappa shape index (κ3) is 9.17. The van der Waals surface area contributed by atoms with Crippen LogP contribution in [0.2, 0.25) is 0 Å². The summed E-state index contributed by atoms with van der Waals surface area (Å²) < 4.78 is 25.2. The normalized spacial score (nSPS) is 12.9. The van der Waals surface area contributed by atoms with E-state index in [0.717, 1.165) is 38.6 Å². The molecule has 6 nitrogen and oxygen atoms in total. The van der Waals surface area contributed by atoms with Crippen molar-refractivity contribution in [1.29, 1.82) is 0 Å². The van der Waals surface area contributed by atoms with Crippen LogP contribution in [0.25, 0.3) is 21.9 Å². The Bertz CT molecular complexity index is 1910. The van der Waals surface area contributed by atoms with E-state index in [4.69, 9.17) is 17.7 Å². The molecule has 0 aliphatic heterocycles. The van der Waals surface area contributed by atoms with Gasteiger partial charge in [0, 0.05) is 38.9 Å². The Labute approximate surface area is 300 Å². The van der Waals surface area contributed by atoms with Crippen molar-refractivity contribution in [2.45, 2.75) is 131 Å². The Balaban J connectivity index is 1.80. The topological polar surface area (TPSA) is 82.0 Å². The number of phenolic OH excluding ortho intramolecular Hbond substituents is 1. The first-order chi connectivity index (χ1) is 22.8. The van der Waals surface area contributed by atoms with Crippen LogP contribution in [0.5, 0.6) is 5.75 Å². The number of esters is 1. The highest BCUT2D eigenvalue weighted by molar-refractivity contribution is 7.31. The minimum Gasteiger partial charge on any atom is -0.508 e. The third-order valence-electron chi connectivity index (χ3n) is 8.77. The van der Waals surface area contributed by atoms with Gasteiger partial charge in [-0.3, -0.25) is 4.52 Å². The van der Waals surface area contributed by atoms with Crippen LogP contribution < -0.4 is 4.52 Å². The van der Waals surface area contributed by atoms with Crippen LogP contribution in [-0.2, 0) is 36.6 Å². The lowest BCUT2D eigenvalue weighted by Crippen LogP contribution is -2.17. The summed E-state index contributed by atoms with van der Waals surface area (Å²) >= 11 is 0. The van der Waals surface area contributed by atoms with Crippen molar-refractivity contribution < 1.29 is 27.6 Å². The molecule has 7 heteroatoms. The summed E-state index contributed by atoms with van der Waals surface area (Å²) in [6.45, 7) is 32.7. The molecule has 1 N–H and O–H groups in total. The Hall–Kier alpha value is -3.65. The molecule has 0 unspecified atom stereocenters. The lowest BCUT2D eigenvalue weighted by molar-refractivity contribution is -0.137. The van der Waals surface area contributed by atoms with Crippen molar-refractivity contribution in [3.8, 4) is 17.6 Å². The molecule has 0 aliphatic carbocycles. The van der Waals surface area contributed by atoms with E-state index in [0.29, 0.717) is 5.56 Å². The van der Waals surface area contributed by atoms with Gasteiger partial charge in [0.25, 0.3) is 0 Å². The second-order valence-electron chi connectivity index (χ2n) is 18.4. The zero-order valence-electron chi connectivity index (χ0n) is 32.9. The van der Waals surface area contributed by atoms with Crippen LogP contribution in [0, 0.1) is 11.8 Å². The van der Waals surface area contributed by atoms with Crippen molar-refractivity contribution in [1.82, 2.24) is 0 Å². The van der Waals surface area contributed by atoms with Crippen molar-refractivity contribution in [2.75, 3.05) is 13.2 Å². The standard InChI is InChI=1S/C43H57O6P/c1-39(2,3)28-23-30-31-24-29(40(4,5)6)26-34(43(13,14)15)38(31)49-50(48-37(30)33(25-28)42(10,11)12)47-21-20-46-36(45)19-17-27-16-18-35(44)32(22-27)41(7,8)9/h16,18,22-26,44H,20-21H2,1-15H3. The lowest BCUT2D eigenvalue weighted by atomic mass is 9.77. The average molecular weight is 701 g/mol. The van der Waals surface area contributed by atoms with E-state index in [1.54, 1.807) is 18.2 Å². The Morgan fingerprint density at radius 3 is 1.52 bits per heavy atom. The molecule has 4 rings (SSSR count). The molecule has 270 valence electrons. The highest BCUT2D eigenvalue weighted by Gasteiger charge is 2.29. The van der Waals surface area contributed by atoms with Gasteiger partial charge in [0.15, 0.2) is 0 Å². The lowest BCUT2D eigenvalue weighted by Gasteiger charge is -2.27. The number of phenols is 1. The molecule has 0 atom stereocenters. The van der Waals surface area contributed by atoms with E-state index in [-0.39, 0.29) is 46.0 Å². The number of ether oxygens (including phenoxy) is 1. The van der Waals surface area contributed by atoms with E-state index in [9.17, 15) is 9.90 Å². The van der Waals surface area contributed by atoms with Gasteiger partial charge in [-0.05, 0) is 68.5 Å². The summed E-state index contributed by atoms with van der Waals surface area (Å²) in [5.41, 5.74) is 6.57. The fourth-order valence-electron chi connectivity index (χ4n) is 5.68. The average Bonchev–Trinajstić information content (AvgIpc) is 3.11. The second-order valence-corrected chi connectivity index (χ2v) is 19.5. The van der Waals surface area contributed by atoms with E-state index < -0.39 is 14.2 Å². The molecule has 0 aliphatic rings. The number of carbonyl (C=O) groups is 1. The minimum absolute atomic E-state index is 0.0220. The van der Waals surface area contributed by atoms with Crippen LogP contribution in [0.1, 0.15) is 137 Å². The van der Waals surface area contributed by atoms with Gasteiger partial charge in [0.2, 0.25) is 0 Å². The number of benzene rings is 3. The maximum atomic E-state index is 12.6. The molecule has 0 spiro atoms. The number of fused-ring (bicyclic) bond motifs is 3. The summed E-state index contributed by atoms with van der Waals surface area (Å²) in [4.78, 5) is 12.6. The molecule has 1 heterocycles. The van der Waals surface area contributed by atoms with Crippen molar-refractivity contribution in [3.05, 3.63) is 75.8 Å². The fourth-order valence-corrected chi connectivity index (χ4v) is 6.73. The quantitative estimate of drug-likeness (QED) is 0.130. The van der Waals surface area contributed by atoms with Crippen LogP contribution in [0.3, 0.4) is 0 Å². The first-order valence-electron chi connectivity index (χ1n) is 17.5. The summed E-state index contributed by atoms with van der Waals surface area (Å²) in [6, 6.07) is 14.1. The van der Waals surface area contributed by atoms with Gasteiger partial charge < -0.3 is 18.2 Å². The van der Waals surface area contributed by atoms with Gasteiger partial charge in [-0.15, -0.1) is 0 Å². The first-order valence-corrected chi connectivity index (χ1v) is 18.6. The Morgan fingerprint density at radius 1 is 0.640 bits per heavy atom. The van der Waals surface area contributed by atoms with E-state index >= 15 is 0 Å². The molecule has 0 fully saturated rings. The van der Waals surface area contributed by atoms with Crippen molar-refractivity contribution in [3.63, 3.8) is 0 Å². The molecule has 3 aromatic carbocycles. The fraction of sp³-hybridized carbons (Fsp3) is 0.512. The zero-order valence-corrected chi connectivity index (χ0v) is 33.8. The van der Waals surface area contributed by atoms with Gasteiger partial charge in [-0.25, -0.2) is 4.79 Å². The smallest absolute Gasteiger partial charge is 0.387 e. The predicted molar refractivity (Wildman–Crippen MR) is 207 cm³/mol.